The number of hydrogen-bond acceptors (Lipinski definition) is 2. The quantitative estimate of drug-likeness (QED) is 0.682. The monoisotopic (exact) mass is 158 g/mol. The Kier molecular flexibility index (Phi) is 1.89. The first-order chi connectivity index (χ1) is 5.11. The summed E-state index contributed by atoms with van der Waals surface area (Å²) < 4.78 is 13.9. The molecule has 0 aliphatic carbocycles. The Hall–Kier alpha value is -1.39. The van der Waals surface area contributed by atoms with Crippen LogP contribution in [0.1, 0.15) is 11.9 Å². The Morgan fingerprint density at radius 1 is 1.91 bits per heavy atom. The van der Waals surface area contributed by atoms with Crippen molar-refractivity contribution in [3.63, 3.8) is 0 Å². The molecular weight excluding hydrogens is 151 g/mol. The number of aliphatic carboxylic acids is 1. The van der Waals surface area contributed by atoms with E-state index in [0.717, 1.165) is 0 Å². The van der Waals surface area contributed by atoms with Crippen molar-refractivity contribution in [2.45, 2.75) is 6.17 Å². The molecule has 0 amide bonds. The molecule has 0 aliphatic rings. The zero-order valence-corrected chi connectivity index (χ0v) is 5.86. The summed E-state index contributed by atoms with van der Waals surface area (Å²) in [6.07, 6.45) is -0.526. The molecule has 1 rings (SSSR count). The van der Waals surface area contributed by atoms with Crippen LogP contribution in [0, 0.1) is 0 Å². The molecule has 60 valence electrons. The number of nitrogens with zero attached hydrogens (tertiary/aromatic N) is 2. The van der Waals surface area contributed by atoms with Gasteiger partial charge in [-0.05, 0) is 6.07 Å². The summed E-state index contributed by atoms with van der Waals surface area (Å²) in [5, 5.41) is 11.8. The van der Waals surface area contributed by atoms with Crippen LogP contribution in [0.5, 0.6) is 0 Å². The van der Waals surface area contributed by atoms with Crippen LogP contribution in [0.3, 0.4) is 0 Å². The number of hydrogen-bond donors (Lipinski definition) is 1. The SMILES string of the molecule is Cn1ccc(C(F)C(=O)O)n1. The fourth-order valence-corrected chi connectivity index (χ4v) is 0.695. The number of carboxylic acids is 1. The van der Waals surface area contributed by atoms with E-state index in [1.807, 2.05) is 0 Å². The van der Waals surface area contributed by atoms with E-state index in [4.69, 9.17) is 5.11 Å². The molecule has 1 atom stereocenters. The number of halogens is 1. The molecule has 0 fully saturated rings. The second-order valence-electron chi connectivity index (χ2n) is 2.12. The van der Waals surface area contributed by atoms with Gasteiger partial charge in [0.25, 0.3) is 0 Å². The Bertz CT molecular complexity index is 271. The molecule has 0 spiro atoms. The van der Waals surface area contributed by atoms with E-state index in [1.54, 1.807) is 7.05 Å². The van der Waals surface area contributed by atoms with E-state index in [0.29, 0.717) is 0 Å². The third kappa shape index (κ3) is 1.54. The van der Waals surface area contributed by atoms with Crippen molar-refractivity contribution in [3.05, 3.63) is 18.0 Å². The van der Waals surface area contributed by atoms with E-state index >= 15 is 0 Å². The lowest BCUT2D eigenvalue weighted by atomic mass is 10.3. The van der Waals surface area contributed by atoms with Gasteiger partial charge in [-0.15, -0.1) is 0 Å². The van der Waals surface area contributed by atoms with Gasteiger partial charge in [0, 0.05) is 13.2 Å². The van der Waals surface area contributed by atoms with Crippen molar-refractivity contribution >= 4 is 5.97 Å². The molecule has 1 aromatic rings. The molecule has 0 radical (unpaired) electrons. The van der Waals surface area contributed by atoms with Gasteiger partial charge in [-0.2, -0.15) is 5.10 Å². The summed E-state index contributed by atoms with van der Waals surface area (Å²) in [6.45, 7) is 0. The van der Waals surface area contributed by atoms with E-state index in [2.05, 4.69) is 5.10 Å². The smallest absolute Gasteiger partial charge is 0.344 e. The van der Waals surface area contributed by atoms with Crippen LogP contribution in [0.2, 0.25) is 0 Å². The molecule has 11 heavy (non-hydrogen) atoms. The van der Waals surface area contributed by atoms with Gasteiger partial charge >= 0.3 is 5.97 Å². The summed E-state index contributed by atoms with van der Waals surface area (Å²) in [4.78, 5) is 10.1. The summed E-state index contributed by atoms with van der Waals surface area (Å²) in [5.74, 6) is -1.51. The minimum atomic E-state index is -2.02. The molecule has 1 heterocycles. The molecule has 4 nitrogen and oxygen atoms in total. The maximum absolute atomic E-state index is 12.6. The number of aryl methyl sites for hydroxylation is 1. The second kappa shape index (κ2) is 2.69. The molecule has 0 saturated carbocycles. The minimum Gasteiger partial charge on any atom is -0.479 e. The highest BCUT2D eigenvalue weighted by Crippen LogP contribution is 2.13. The fraction of sp³-hybridized carbons (Fsp3) is 0.333. The third-order valence-electron chi connectivity index (χ3n) is 1.21. The molecule has 5 heteroatoms. The Balaban J connectivity index is 2.84. The standard InChI is InChI=1S/C6H7FN2O2/c1-9-3-2-4(8-9)5(7)6(10)11/h2-3,5H,1H3,(H,10,11). The number of alkyl halides is 1. The fourth-order valence-electron chi connectivity index (χ4n) is 0.695. The van der Waals surface area contributed by atoms with Gasteiger partial charge in [0.15, 0.2) is 0 Å². The maximum atomic E-state index is 12.6. The van der Waals surface area contributed by atoms with Gasteiger partial charge in [0.2, 0.25) is 6.17 Å². The molecule has 1 aromatic heterocycles. The van der Waals surface area contributed by atoms with E-state index in [-0.39, 0.29) is 5.69 Å². The van der Waals surface area contributed by atoms with Gasteiger partial charge in [-0.25, -0.2) is 9.18 Å². The maximum Gasteiger partial charge on any atom is 0.344 e. The first-order valence-corrected chi connectivity index (χ1v) is 2.97. The number of rotatable bonds is 2. The highest BCUT2D eigenvalue weighted by molar-refractivity contribution is 5.73. The average Bonchev–Trinajstić information content (AvgIpc) is 2.34. The highest BCUT2D eigenvalue weighted by atomic mass is 19.1. The van der Waals surface area contributed by atoms with Crippen molar-refractivity contribution in [1.29, 1.82) is 0 Å². The zero-order chi connectivity index (χ0) is 8.43. The average molecular weight is 158 g/mol. The van der Waals surface area contributed by atoms with Crippen molar-refractivity contribution in [2.24, 2.45) is 7.05 Å². The van der Waals surface area contributed by atoms with Gasteiger partial charge in [-0.3, -0.25) is 4.68 Å². The largest absolute Gasteiger partial charge is 0.479 e. The van der Waals surface area contributed by atoms with Crippen molar-refractivity contribution < 1.29 is 14.3 Å². The third-order valence-corrected chi connectivity index (χ3v) is 1.21. The number of carbonyl (C=O) groups is 1. The minimum absolute atomic E-state index is 0.0694. The summed E-state index contributed by atoms with van der Waals surface area (Å²) in [6, 6.07) is 1.33. The summed E-state index contributed by atoms with van der Waals surface area (Å²) in [7, 11) is 1.60. The lowest BCUT2D eigenvalue weighted by Crippen LogP contribution is -2.07. The van der Waals surface area contributed by atoms with Crippen molar-refractivity contribution in [3.8, 4) is 0 Å². The highest BCUT2D eigenvalue weighted by Gasteiger charge is 2.20. The molecule has 1 N–H and O–H groups in total. The van der Waals surface area contributed by atoms with Crippen LogP contribution in [0.4, 0.5) is 4.39 Å². The van der Waals surface area contributed by atoms with Crippen LogP contribution < -0.4 is 0 Å². The molecule has 0 aromatic carbocycles. The first kappa shape index (κ1) is 7.71. The van der Waals surface area contributed by atoms with Crippen LogP contribution in [-0.2, 0) is 11.8 Å². The normalized spacial score (nSPS) is 12.9. The Morgan fingerprint density at radius 2 is 2.55 bits per heavy atom. The molecule has 0 bridgehead atoms. The molecular formula is C6H7FN2O2. The van der Waals surface area contributed by atoms with Gasteiger partial charge in [-0.1, -0.05) is 0 Å². The molecule has 0 aliphatic heterocycles. The van der Waals surface area contributed by atoms with Crippen LogP contribution in [0.25, 0.3) is 0 Å². The lowest BCUT2D eigenvalue weighted by molar-refractivity contribution is -0.143. The zero-order valence-electron chi connectivity index (χ0n) is 5.86. The summed E-state index contributed by atoms with van der Waals surface area (Å²) in [5.41, 5.74) is -0.0694. The molecule has 1 unspecified atom stereocenters. The van der Waals surface area contributed by atoms with E-state index in [9.17, 15) is 9.18 Å². The lowest BCUT2D eigenvalue weighted by Gasteiger charge is -1.95. The number of aromatic nitrogens is 2. The second-order valence-corrected chi connectivity index (χ2v) is 2.12. The van der Waals surface area contributed by atoms with Gasteiger partial charge in [0.05, 0.1) is 0 Å². The predicted molar refractivity (Wildman–Crippen MR) is 34.7 cm³/mol. The van der Waals surface area contributed by atoms with E-state index < -0.39 is 12.1 Å². The van der Waals surface area contributed by atoms with Crippen LogP contribution in [0.15, 0.2) is 12.3 Å². The van der Waals surface area contributed by atoms with E-state index in [1.165, 1.54) is 16.9 Å². The van der Waals surface area contributed by atoms with Crippen molar-refractivity contribution in [2.75, 3.05) is 0 Å². The molecule has 0 saturated heterocycles. The van der Waals surface area contributed by atoms with Crippen LogP contribution in [-0.4, -0.2) is 20.9 Å². The topological polar surface area (TPSA) is 55.1 Å². The number of carboxylic acid groups (broad SMARTS) is 1. The Labute approximate surface area is 62.3 Å². The summed E-state index contributed by atoms with van der Waals surface area (Å²) >= 11 is 0. The van der Waals surface area contributed by atoms with Gasteiger partial charge < -0.3 is 5.11 Å². The van der Waals surface area contributed by atoms with Crippen LogP contribution >= 0.6 is 0 Å². The predicted octanol–water partition coefficient (Wildman–Crippen LogP) is 0.515. The Morgan fingerprint density at radius 3 is 2.91 bits per heavy atom. The van der Waals surface area contributed by atoms with Crippen molar-refractivity contribution in [1.82, 2.24) is 9.78 Å². The first-order valence-electron chi connectivity index (χ1n) is 2.97. The van der Waals surface area contributed by atoms with Gasteiger partial charge in [0.1, 0.15) is 5.69 Å².